The molecule has 0 saturated heterocycles. The van der Waals surface area contributed by atoms with Crippen molar-refractivity contribution < 1.29 is 0 Å². The van der Waals surface area contributed by atoms with Gasteiger partial charge in [-0.3, -0.25) is 0 Å². The maximum atomic E-state index is 8.77. The fourth-order valence-electron chi connectivity index (χ4n) is 1.54. The van der Waals surface area contributed by atoms with E-state index in [0.29, 0.717) is 16.6 Å². The second-order valence-electron chi connectivity index (χ2n) is 3.81. The SMILES string of the molecule is C=CCN(c1ccc(C#N)cc1Cl)C(C)C. The van der Waals surface area contributed by atoms with Gasteiger partial charge in [0.25, 0.3) is 0 Å². The van der Waals surface area contributed by atoms with Gasteiger partial charge in [0.05, 0.1) is 22.3 Å². The van der Waals surface area contributed by atoms with Gasteiger partial charge in [0.1, 0.15) is 0 Å². The lowest BCUT2D eigenvalue weighted by Crippen LogP contribution is -2.30. The van der Waals surface area contributed by atoms with Gasteiger partial charge in [0.15, 0.2) is 0 Å². The summed E-state index contributed by atoms with van der Waals surface area (Å²) in [4.78, 5) is 2.14. The van der Waals surface area contributed by atoms with Gasteiger partial charge in [-0.05, 0) is 32.0 Å². The molecule has 1 aromatic carbocycles. The van der Waals surface area contributed by atoms with Crippen molar-refractivity contribution in [1.29, 1.82) is 5.26 Å². The number of hydrogen-bond acceptors (Lipinski definition) is 2. The van der Waals surface area contributed by atoms with Crippen LogP contribution in [0.5, 0.6) is 0 Å². The molecule has 84 valence electrons. The van der Waals surface area contributed by atoms with E-state index in [9.17, 15) is 0 Å². The topological polar surface area (TPSA) is 27.0 Å². The van der Waals surface area contributed by atoms with E-state index in [4.69, 9.17) is 16.9 Å². The first-order valence-electron chi connectivity index (χ1n) is 5.17. The van der Waals surface area contributed by atoms with Crippen LogP contribution in [-0.2, 0) is 0 Å². The second-order valence-corrected chi connectivity index (χ2v) is 4.22. The Labute approximate surface area is 102 Å². The monoisotopic (exact) mass is 234 g/mol. The molecule has 1 aromatic rings. The third-order valence-electron chi connectivity index (χ3n) is 2.34. The number of nitrogens with zero attached hydrogens (tertiary/aromatic N) is 2. The van der Waals surface area contributed by atoms with E-state index in [1.807, 2.05) is 12.1 Å². The van der Waals surface area contributed by atoms with Crippen molar-refractivity contribution in [2.45, 2.75) is 19.9 Å². The predicted molar refractivity (Wildman–Crippen MR) is 68.8 cm³/mol. The highest BCUT2D eigenvalue weighted by atomic mass is 35.5. The molecule has 0 aliphatic heterocycles. The van der Waals surface area contributed by atoms with Crippen LogP contribution in [0.4, 0.5) is 5.69 Å². The smallest absolute Gasteiger partial charge is 0.0992 e. The fourth-order valence-corrected chi connectivity index (χ4v) is 1.82. The van der Waals surface area contributed by atoms with Crippen LogP contribution in [0.1, 0.15) is 19.4 Å². The van der Waals surface area contributed by atoms with Gasteiger partial charge in [-0.2, -0.15) is 5.26 Å². The normalized spacial score (nSPS) is 9.94. The van der Waals surface area contributed by atoms with E-state index >= 15 is 0 Å². The molecule has 0 atom stereocenters. The minimum absolute atomic E-state index is 0.337. The lowest BCUT2D eigenvalue weighted by atomic mass is 10.2. The maximum Gasteiger partial charge on any atom is 0.0992 e. The summed E-state index contributed by atoms with van der Waals surface area (Å²) in [6, 6.07) is 7.76. The number of nitriles is 1. The summed E-state index contributed by atoms with van der Waals surface area (Å²) in [6.45, 7) is 8.66. The van der Waals surface area contributed by atoms with Gasteiger partial charge >= 0.3 is 0 Å². The van der Waals surface area contributed by atoms with Crippen molar-refractivity contribution in [1.82, 2.24) is 0 Å². The summed E-state index contributed by atoms with van der Waals surface area (Å²) in [5.41, 5.74) is 1.52. The molecule has 0 saturated carbocycles. The van der Waals surface area contributed by atoms with Crippen LogP contribution in [-0.4, -0.2) is 12.6 Å². The Morgan fingerprint density at radius 2 is 2.25 bits per heavy atom. The minimum atomic E-state index is 0.337. The molecule has 0 aromatic heterocycles. The average Bonchev–Trinajstić information content (AvgIpc) is 2.26. The highest BCUT2D eigenvalue weighted by Gasteiger charge is 2.12. The van der Waals surface area contributed by atoms with Crippen LogP contribution < -0.4 is 4.90 Å². The van der Waals surface area contributed by atoms with E-state index in [-0.39, 0.29) is 0 Å². The Morgan fingerprint density at radius 3 is 2.69 bits per heavy atom. The molecule has 0 aliphatic carbocycles. The number of rotatable bonds is 4. The fraction of sp³-hybridized carbons (Fsp3) is 0.308. The highest BCUT2D eigenvalue weighted by molar-refractivity contribution is 6.33. The molecule has 0 N–H and O–H groups in total. The largest absolute Gasteiger partial charge is 0.364 e. The summed E-state index contributed by atoms with van der Waals surface area (Å²) in [6.07, 6.45) is 1.84. The highest BCUT2D eigenvalue weighted by Crippen LogP contribution is 2.28. The van der Waals surface area contributed by atoms with Crippen LogP contribution in [0, 0.1) is 11.3 Å². The lowest BCUT2D eigenvalue weighted by molar-refractivity contribution is 0.723. The van der Waals surface area contributed by atoms with E-state index in [0.717, 1.165) is 12.2 Å². The third-order valence-corrected chi connectivity index (χ3v) is 2.64. The predicted octanol–water partition coefficient (Wildman–Crippen LogP) is 3.61. The number of anilines is 1. The third kappa shape index (κ3) is 2.77. The summed E-state index contributed by atoms with van der Waals surface area (Å²) in [5, 5.41) is 9.37. The quantitative estimate of drug-likeness (QED) is 0.745. The van der Waals surface area contributed by atoms with Gasteiger partial charge in [-0.1, -0.05) is 17.7 Å². The van der Waals surface area contributed by atoms with E-state index in [1.54, 1.807) is 12.1 Å². The summed E-state index contributed by atoms with van der Waals surface area (Å²) >= 11 is 6.16. The average molecular weight is 235 g/mol. The first kappa shape index (κ1) is 12.6. The second kappa shape index (κ2) is 5.58. The van der Waals surface area contributed by atoms with E-state index < -0.39 is 0 Å². The van der Waals surface area contributed by atoms with Crippen molar-refractivity contribution >= 4 is 17.3 Å². The molecule has 2 nitrogen and oxygen atoms in total. The van der Waals surface area contributed by atoms with Crippen LogP contribution in [0.2, 0.25) is 5.02 Å². The van der Waals surface area contributed by atoms with Crippen LogP contribution in [0.15, 0.2) is 30.9 Å². The maximum absolute atomic E-state index is 8.77. The molecule has 0 radical (unpaired) electrons. The number of halogens is 1. The van der Waals surface area contributed by atoms with Crippen molar-refractivity contribution in [3.63, 3.8) is 0 Å². The Kier molecular flexibility index (Phi) is 4.39. The molecular weight excluding hydrogens is 220 g/mol. The standard InChI is InChI=1S/C13H15ClN2/c1-4-7-16(10(2)3)13-6-5-11(9-15)8-12(13)14/h4-6,8,10H,1,7H2,2-3H3. The van der Waals surface area contributed by atoms with Crippen LogP contribution >= 0.6 is 11.6 Å². The van der Waals surface area contributed by atoms with Crippen molar-refractivity contribution in [3.8, 4) is 6.07 Å². The Morgan fingerprint density at radius 1 is 1.56 bits per heavy atom. The molecule has 16 heavy (non-hydrogen) atoms. The van der Waals surface area contributed by atoms with Gasteiger partial charge in [-0.25, -0.2) is 0 Å². The molecule has 0 bridgehead atoms. The minimum Gasteiger partial charge on any atom is -0.364 e. The number of hydrogen-bond donors (Lipinski definition) is 0. The first-order chi connectivity index (χ1) is 7.60. The molecular formula is C13H15ClN2. The van der Waals surface area contributed by atoms with Gasteiger partial charge in [0.2, 0.25) is 0 Å². The molecule has 0 spiro atoms. The Hall–Kier alpha value is -1.46. The van der Waals surface area contributed by atoms with Crippen LogP contribution in [0.3, 0.4) is 0 Å². The van der Waals surface area contributed by atoms with Crippen molar-refractivity contribution in [2.75, 3.05) is 11.4 Å². The zero-order valence-electron chi connectivity index (χ0n) is 9.57. The van der Waals surface area contributed by atoms with Gasteiger partial charge in [-0.15, -0.1) is 6.58 Å². The van der Waals surface area contributed by atoms with Gasteiger partial charge < -0.3 is 4.90 Å². The van der Waals surface area contributed by atoms with Crippen LogP contribution in [0.25, 0.3) is 0 Å². The zero-order chi connectivity index (χ0) is 12.1. The molecule has 0 amide bonds. The molecule has 0 aliphatic rings. The molecule has 3 heteroatoms. The lowest BCUT2D eigenvalue weighted by Gasteiger charge is -2.28. The summed E-state index contributed by atoms with van der Waals surface area (Å²) < 4.78 is 0. The van der Waals surface area contributed by atoms with E-state index in [1.165, 1.54) is 0 Å². The van der Waals surface area contributed by atoms with E-state index in [2.05, 4.69) is 31.4 Å². The van der Waals surface area contributed by atoms with Crippen molar-refractivity contribution in [2.24, 2.45) is 0 Å². The molecule has 0 heterocycles. The van der Waals surface area contributed by atoms with Gasteiger partial charge in [0, 0.05) is 12.6 Å². The summed E-state index contributed by atoms with van der Waals surface area (Å²) in [5.74, 6) is 0. The zero-order valence-corrected chi connectivity index (χ0v) is 10.3. The summed E-state index contributed by atoms with van der Waals surface area (Å²) in [7, 11) is 0. The number of benzene rings is 1. The Bertz CT molecular complexity index is 418. The molecule has 0 fully saturated rings. The first-order valence-corrected chi connectivity index (χ1v) is 5.55. The Balaban J connectivity index is 3.10. The van der Waals surface area contributed by atoms with Crippen molar-refractivity contribution in [3.05, 3.63) is 41.4 Å². The molecule has 1 rings (SSSR count). The molecule has 0 unspecified atom stereocenters.